The smallest absolute Gasteiger partial charge is 0.405 e. The zero-order valence-electron chi connectivity index (χ0n) is 16.9. The van der Waals surface area contributed by atoms with Crippen LogP contribution in [0.4, 0.5) is 4.79 Å². The maximum Gasteiger partial charge on any atom is 0.405 e. The Morgan fingerprint density at radius 3 is 2.28 bits per heavy atom. The van der Waals surface area contributed by atoms with E-state index in [1.165, 1.54) is 0 Å². The minimum atomic E-state index is -1.41. The van der Waals surface area contributed by atoms with Crippen LogP contribution in [-0.2, 0) is 16.0 Å². The molecule has 1 aliphatic rings. The summed E-state index contributed by atoms with van der Waals surface area (Å²) >= 11 is 0. The number of carbonyl (C=O) groups is 3. The van der Waals surface area contributed by atoms with Crippen LogP contribution in [0.25, 0.3) is 0 Å². The van der Waals surface area contributed by atoms with E-state index in [0.717, 1.165) is 18.4 Å². The molecule has 3 atom stereocenters. The van der Waals surface area contributed by atoms with Crippen molar-refractivity contribution in [1.82, 2.24) is 16.0 Å². The molecule has 1 aromatic carbocycles. The van der Waals surface area contributed by atoms with Gasteiger partial charge in [-0.3, -0.25) is 9.59 Å². The van der Waals surface area contributed by atoms with Crippen molar-refractivity contribution in [2.45, 2.75) is 70.2 Å². The Bertz CT molecular complexity index is 691. The van der Waals surface area contributed by atoms with Crippen molar-refractivity contribution < 1.29 is 24.6 Å². The third-order valence-electron chi connectivity index (χ3n) is 4.81. The highest BCUT2D eigenvalue weighted by Gasteiger charge is 2.33. The van der Waals surface area contributed by atoms with E-state index in [9.17, 15) is 19.5 Å². The summed E-state index contributed by atoms with van der Waals surface area (Å²) in [6, 6.07) is 7.87. The van der Waals surface area contributed by atoms with Gasteiger partial charge in [-0.15, -0.1) is 0 Å². The largest absolute Gasteiger partial charge is 0.465 e. The number of aliphatic hydroxyl groups is 1. The minimum absolute atomic E-state index is 0.0865. The first-order chi connectivity index (χ1) is 13.8. The van der Waals surface area contributed by atoms with E-state index in [2.05, 4.69) is 16.0 Å². The van der Waals surface area contributed by atoms with Gasteiger partial charge in [0, 0.05) is 6.04 Å². The molecular formula is C21H31N3O5. The van der Waals surface area contributed by atoms with Crippen molar-refractivity contribution in [2.24, 2.45) is 5.92 Å². The van der Waals surface area contributed by atoms with Crippen LogP contribution in [0.1, 0.15) is 45.1 Å². The Morgan fingerprint density at radius 2 is 1.72 bits per heavy atom. The standard InChI is InChI=1S/C21H31N3O5/c1-13(2)12-17(24-21(28)29)19(26)23-16(11-8-14-6-4-3-5-7-14)18(25)20(27)22-15-9-10-15/h3-7,13,15-18,24-25H,8-12H2,1-2H3,(H,22,27)(H,23,26)(H,28,29). The van der Waals surface area contributed by atoms with E-state index in [1.807, 2.05) is 44.2 Å². The van der Waals surface area contributed by atoms with Gasteiger partial charge in [0.05, 0.1) is 6.04 Å². The second-order valence-electron chi connectivity index (χ2n) is 8.00. The number of aliphatic hydroxyl groups excluding tert-OH is 1. The molecule has 1 aromatic rings. The molecule has 0 aromatic heterocycles. The van der Waals surface area contributed by atoms with E-state index in [-0.39, 0.29) is 12.0 Å². The topological polar surface area (TPSA) is 128 Å². The molecule has 1 fully saturated rings. The quantitative estimate of drug-likeness (QED) is 0.380. The highest BCUT2D eigenvalue weighted by Crippen LogP contribution is 2.19. The van der Waals surface area contributed by atoms with Gasteiger partial charge in [0.2, 0.25) is 5.91 Å². The molecular weight excluding hydrogens is 374 g/mol. The average Bonchev–Trinajstić information content (AvgIpc) is 3.47. The van der Waals surface area contributed by atoms with Crippen LogP contribution >= 0.6 is 0 Å². The van der Waals surface area contributed by atoms with Crippen molar-refractivity contribution in [3.8, 4) is 0 Å². The zero-order chi connectivity index (χ0) is 21.4. The molecule has 0 radical (unpaired) electrons. The molecule has 2 rings (SSSR count). The third-order valence-corrected chi connectivity index (χ3v) is 4.81. The van der Waals surface area contributed by atoms with Crippen LogP contribution in [0, 0.1) is 5.92 Å². The molecule has 0 aliphatic heterocycles. The number of carboxylic acid groups (broad SMARTS) is 1. The fourth-order valence-electron chi connectivity index (χ4n) is 3.11. The Hall–Kier alpha value is -2.61. The van der Waals surface area contributed by atoms with Gasteiger partial charge in [-0.25, -0.2) is 4.79 Å². The van der Waals surface area contributed by atoms with Crippen LogP contribution in [0.3, 0.4) is 0 Å². The van der Waals surface area contributed by atoms with Gasteiger partial charge >= 0.3 is 6.09 Å². The van der Waals surface area contributed by atoms with Gasteiger partial charge in [-0.2, -0.15) is 0 Å². The number of carbonyl (C=O) groups excluding carboxylic acids is 2. The van der Waals surface area contributed by atoms with Gasteiger partial charge in [0.25, 0.3) is 5.91 Å². The summed E-state index contributed by atoms with van der Waals surface area (Å²) in [5, 5.41) is 27.3. The second-order valence-corrected chi connectivity index (χ2v) is 8.00. The Kier molecular flexibility index (Phi) is 8.45. The molecule has 3 unspecified atom stereocenters. The van der Waals surface area contributed by atoms with Crippen LogP contribution < -0.4 is 16.0 Å². The lowest BCUT2D eigenvalue weighted by molar-refractivity contribution is -0.133. The molecule has 1 aliphatic carbocycles. The van der Waals surface area contributed by atoms with Crippen molar-refractivity contribution in [3.63, 3.8) is 0 Å². The lowest BCUT2D eigenvalue weighted by Crippen LogP contribution is -2.56. The van der Waals surface area contributed by atoms with E-state index >= 15 is 0 Å². The number of aryl methyl sites for hydroxylation is 1. The lowest BCUT2D eigenvalue weighted by Gasteiger charge is -2.27. The van der Waals surface area contributed by atoms with E-state index in [1.54, 1.807) is 0 Å². The molecule has 0 heterocycles. The monoisotopic (exact) mass is 405 g/mol. The van der Waals surface area contributed by atoms with Crippen LogP contribution in [0.2, 0.25) is 0 Å². The van der Waals surface area contributed by atoms with E-state index in [4.69, 9.17) is 5.11 Å². The number of rotatable bonds is 11. The second kappa shape index (κ2) is 10.8. The van der Waals surface area contributed by atoms with Crippen molar-refractivity contribution in [3.05, 3.63) is 35.9 Å². The molecule has 0 saturated heterocycles. The molecule has 5 N–H and O–H groups in total. The van der Waals surface area contributed by atoms with Crippen LogP contribution in [0.15, 0.2) is 30.3 Å². The van der Waals surface area contributed by atoms with Gasteiger partial charge < -0.3 is 26.2 Å². The summed E-state index contributed by atoms with van der Waals surface area (Å²) in [7, 11) is 0. The first-order valence-electron chi connectivity index (χ1n) is 10.1. The van der Waals surface area contributed by atoms with Crippen LogP contribution in [0.5, 0.6) is 0 Å². The number of hydrogen-bond acceptors (Lipinski definition) is 4. The maximum atomic E-state index is 12.7. The zero-order valence-corrected chi connectivity index (χ0v) is 16.9. The molecule has 1 saturated carbocycles. The number of benzene rings is 1. The highest BCUT2D eigenvalue weighted by molar-refractivity contribution is 5.87. The van der Waals surface area contributed by atoms with E-state index in [0.29, 0.717) is 19.3 Å². The molecule has 8 nitrogen and oxygen atoms in total. The molecule has 0 bridgehead atoms. The summed E-state index contributed by atoms with van der Waals surface area (Å²) in [6.45, 7) is 3.77. The minimum Gasteiger partial charge on any atom is -0.465 e. The lowest BCUT2D eigenvalue weighted by atomic mass is 9.98. The SMILES string of the molecule is CC(C)CC(NC(=O)O)C(=O)NC(CCc1ccccc1)C(O)C(=O)NC1CC1. The summed E-state index contributed by atoms with van der Waals surface area (Å²) in [5.41, 5.74) is 1.02. The summed E-state index contributed by atoms with van der Waals surface area (Å²) < 4.78 is 0. The molecule has 0 spiro atoms. The number of amides is 3. The molecule has 160 valence electrons. The predicted molar refractivity (Wildman–Crippen MR) is 108 cm³/mol. The van der Waals surface area contributed by atoms with Gasteiger partial charge in [0.15, 0.2) is 6.10 Å². The normalized spacial score (nSPS) is 16.6. The van der Waals surface area contributed by atoms with Crippen LogP contribution in [-0.4, -0.2) is 52.4 Å². The van der Waals surface area contributed by atoms with Gasteiger partial charge in [-0.1, -0.05) is 44.2 Å². The summed E-state index contributed by atoms with van der Waals surface area (Å²) in [4.78, 5) is 36.1. The fraction of sp³-hybridized carbons (Fsp3) is 0.571. The Morgan fingerprint density at radius 1 is 1.07 bits per heavy atom. The predicted octanol–water partition coefficient (Wildman–Crippen LogP) is 1.43. The van der Waals surface area contributed by atoms with Crippen molar-refractivity contribution >= 4 is 17.9 Å². The summed E-state index contributed by atoms with van der Waals surface area (Å²) in [6.07, 6.45) is 0.286. The first kappa shape index (κ1) is 22.7. The first-order valence-corrected chi connectivity index (χ1v) is 10.1. The fourth-order valence-corrected chi connectivity index (χ4v) is 3.11. The van der Waals surface area contributed by atoms with Gasteiger partial charge in [-0.05, 0) is 43.6 Å². The molecule has 3 amide bonds. The Labute approximate surface area is 171 Å². The van der Waals surface area contributed by atoms with Gasteiger partial charge in [0.1, 0.15) is 6.04 Å². The summed E-state index contributed by atoms with van der Waals surface area (Å²) in [5.74, 6) is -0.974. The highest BCUT2D eigenvalue weighted by atomic mass is 16.4. The molecule has 8 heteroatoms. The Balaban J connectivity index is 2.07. The van der Waals surface area contributed by atoms with E-state index < -0.39 is 36.1 Å². The van der Waals surface area contributed by atoms with Crippen molar-refractivity contribution in [2.75, 3.05) is 0 Å². The number of hydrogen-bond donors (Lipinski definition) is 5. The third kappa shape index (κ3) is 8.11. The van der Waals surface area contributed by atoms with Crippen molar-refractivity contribution in [1.29, 1.82) is 0 Å². The average molecular weight is 405 g/mol. The molecule has 29 heavy (non-hydrogen) atoms. The maximum absolute atomic E-state index is 12.7. The number of nitrogens with one attached hydrogen (secondary N) is 3.